The summed E-state index contributed by atoms with van der Waals surface area (Å²) in [4.78, 5) is 18.2. The summed E-state index contributed by atoms with van der Waals surface area (Å²) < 4.78 is 20.5. The number of aromatic nitrogens is 5. The highest BCUT2D eigenvalue weighted by atomic mass is 19.1. The van der Waals surface area contributed by atoms with Gasteiger partial charge in [0.2, 0.25) is 0 Å². The second-order valence-corrected chi connectivity index (χ2v) is 8.42. The van der Waals surface area contributed by atoms with Crippen LogP contribution in [0, 0.1) is 12.7 Å². The SMILES string of the molecule is CCC(c1nnnn1CCOC)N(Cc1ccc(F)cc1)Cc1cc2ccc(C)cc2[nH]c1=O. The van der Waals surface area contributed by atoms with E-state index >= 15 is 0 Å². The van der Waals surface area contributed by atoms with Crippen molar-refractivity contribution in [2.24, 2.45) is 0 Å². The molecule has 0 aliphatic heterocycles. The Kier molecular flexibility index (Phi) is 7.44. The Bertz CT molecular complexity index is 1300. The Labute approximate surface area is 197 Å². The summed E-state index contributed by atoms with van der Waals surface area (Å²) in [6.07, 6.45) is 0.721. The lowest BCUT2D eigenvalue weighted by Gasteiger charge is -2.30. The van der Waals surface area contributed by atoms with E-state index in [-0.39, 0.29) is 17.4 Å². The van der Waals surface area contributed by atoms with Crippen LogP contribution in [0.4, 0.5) is 4.39 Å². The number of hydrogen-bond acceptors (Lipinski definition) is 6. The third kappa shape index (κ3) is 5.37. The average Bonchev–Trinajstić information content (AvgIpc) is 3.28. The van der Waals surface area contributed by atoms with E-state index in [1.165, 1.54) is 12.1 Å². The molecule has 1 N–H and O–H groups in total. The van der Waals surface area contributed by atoms with E-state index in [1.807, 2.05) is 31.2 Å². The zero-order valence-electron chi connectivity index (χ0n) is 19.7. The number of nitrogens with one attached hydrogen (secondary N) is 1. The van der Waals surface area contributed by atoms with Crippen molar-refractivity contribution >= 4 is 10.9 Å². The van der Waals surface area contributed by atoms with Crippen LogP contribution in [0.2, 0.25) is 0 Å². The topological polar surface area (TPSA) is 88.9 Å². The van der Waals surface area contributed by atoms with Gasteiger partial charge in [-0.15, -0.1) is 5.10 Å². The van der Waals surface area contributed by atoms with Crippen molar-refractivity contribution in [3.63, 3.8) is 0 Å². The molecule has 0 saturated carbocycles. The van der Waals surface area contributed by atoms with Crippen LogP contribution in [0.25, 0.3) is 10.9 Å². The Morgan fingerprint density at radius 3 is 2.68 bits per heavy atom. The number of H-pyrrole nitrogens is 1. The third-order valence-corrected chi connectivity index (χ3v) is 5.94. The number of tetrazole rings is 1. The van der Waals surface area contributed by atoms with Crippen LogP contribution in [0.5, 0.6) is 0 Å². The number of methoxy groups -OCH3 is 1. The first-order valence-corrected chi connectivity index (χ1v) is 11.3. The molecule has 0 fully saturated rings. The summed E-state index contributed by atoms with van der Waals surface area (Å²) >= 11 is 0. The number of hydrogen-bond donors (Lipinski definition) is 1. The molecule has 178 valence electrons. The van der Waals surface area contributed by atoms with Gasteiger partial charge in [-0.25, -0.2) is 9.07 Å². The van der Waals surface area contributed by atoms with Gasteiger partial charge in [0.15, 0.2) is 5.82 Å². The van der Waals surface area contributed by atoms with Crippen molar-refractivity contribution in [1.82, 2.24) is 30.1 Å². The van der Waals surface area contributed by atoms with Crippen LogP contribution < -0.4 is 5.56 Å². The van der Waals surface area contributed by atoms with Gasteiger partial charge in [0, 0.05) is 31.3 Å². The standard InChI is InChI=1S/C25H29FN6O2/c1-4-23(24-28-29-30-32(24)11-12-34-3)31(15-18-6-9-21(26)10-7-18)16-20-14-19-8-5-17(2)13-22(19)27-25(20)33/h5-10,13-14,23H,4,11-12,15-16H2,1-3H3,(H,27,33). The quantitative estimate of drug-likeness (QED) is 0.384. The number of benzene rings is 2. The van der Waals surface area contributed by atoms with E-state index in [0.29, 0.717) is 37.6 Å². The Morgan fingerprint density at radius 2 is 1.94 bits per heavy atom. The molecule has 34 heavy (non-hydrogen) atoms. The van der Waals surface area contributed by atoms with Crippen molar-refractivity contribution in [2.45, 2.75) is 45.9 Å². The van der Waals surface area contributed by atoms with Crippen molar-refractivity contribution in [2.75, 3.05) is 13.7 Å². The lowest BCUT2D eigenvalue weighted by atomic mass is 10.1. The summed E-state index contributed by atoms with van der Waals surface area (Å²) in [5.74, 6) is 0.418. The average molecular weight is 465 g/mol. The predicted octanol–water partition coefficient (Wildman–Crippen LogP) is 3.76. The number of fused-ring (bicyclic) bond motifs is 1. The van der Waals surface area contributed by atoms with Crippen molar-refractivity contribution < 1.29 is 9.13 Å². The van der Waals surface area contributed by atoms with E-state index in [4.69, 9.17) is 4.74 Å². The molecule has 1 atom stereocenters. The first-order valence-electron chi connectivity index (χ1n) is 11.3. The van der Waals surface area contributed by atoms with Gasteiger partial charge in [-0.1, -0.05) is 31.2 Å². The molecular weight excluding hydrogens is 435 g/mol. The minimum Gasteiger partial charge on any atom is -0.383 e. The lowest BCUT2D eigenvalue weighted by Crippen LogP contribution is -2.32. The normalized spacial score (nSPS) is 12.5. The van der Waals surface area contributed by atoms with Gasteiger partial charge in [-0.05, 0) is 64.5 Å². The fourth-order valence-electron chi connectivity index (χ4n) is 4.19. The van der Waals surface area contributed by atoms with Crippen LogP contribution in [-0.2, 0) is 24.4 Å². The van der Waals surface area contributed by atoms with Crippen molar-refractivity contribution in [3.05, 3.63) is 87.2 Å². The lowest BCUT2D eigenvalue weighted by molar-refractivity contribution is 0.151. The highest BCUT2D eigenvalue weighted by Crippen LogP contribution is 2.26. The predicted molar refractivity (Wildman–Crippen MR) is 128 cm³/mol. The molecular formula is C25H29FN6O2. The summed E-state index contributed by atoms with van der Waals surface area (Å²) in [7, 11) is 1.63. The molecule has 0 saturated heterocycles. The second kappa shape index (κ2) is 10.7. The maximum absolute atomic E-state index is 13.5. The maximum atomic E-state index is 13.5. The summed E-state index contributed by atoms with van der Waals surface area (Å²) in [5.41, 5.74) is 3.35. The van der Waals surface area contributed by atoms with E-state index in [1.54, 1.807) is 23.9 Å². The minimum atomic E-state index is -0.285. The Morgan fingerprint density at radius 1 is 1.15 bits per heavy atom. The van der Waals surface area contributed by atoms with E-state index in [9.17, 15) is 9.18 Å². The summed E-state index contributed by atoms with van der Waals surface area (Å²) in [6.45, 7) is 5.94. The van der Waals surface area contributed by atoms with E-state index in [0.717, 1.165) is 28.5 Å². The Balaban J connectivity index is 1.72. The molecule has 2 aromatic carbocycles. The first kappa shape index (κ1) is 23.7. The molecule has 0 radical (unpaired) electrons. The zero-order valence-corrected chi connectivity index (χ0v) is 19.7. The molecule has 0 spiro atoms. The molecule has 0 amide bonds. The number of aryl methyl sites for hydroxylation is 1. The van der Waals surface area contributed by atoms with E-state index < -0.39 is 0 Å². The first-order chi connectivity index (χ1) is 16.5. The fourth-order valence-corrected chi connectivity index (χ4v) is 4.19. The largest absolute Gasteiger partial charge is 0.383 e. The summed E-state index contributed by atoms with van der Waals surface area (Å²) in [6, 6.07) is 14.2. The number of nitrogens with zero attached hydrogens (tertiary/aromatic N) is 5. The van der Waals surface area contributed by atoms with Crippen molar-refractivity contribution in [3.8, 4) is 0 Å². The Hall–Kier alpha value is -3.43. The molecule has 2 aromatic heterocycles. The molecule has 1 unspecified atom stereocenters. The van der Waals surface area contributed by atoms with Gasteiger partial charge in [-0.2, -0.15) is 0 Å². The minimum absolute atomic E-state index is 0.129. The number of aromatic amines is 1. The molecule has 8 nitrogen and oxygen atoms in total. The van der Waals surface area contributed by atoms with Crippen molar-refractivity contribution in [1.29, 1.82) is 0 Å². The highest BCUT2D eigenvalue weighted by Gasteiger charge is 2.26. The highest BCUT2D eigenvalue weighted by molar-refractivity contribution is 5.79. The van der Waals surface area contributed by atoms with Gasteiger partial charge in [0.25, 0.3) is 5.56 Å². The van der Waals surface area contributed by atoms with Gasteiger partial charge >= 0.3 is 0 Å². The monoisotopic (exact) mass is 464 g/mol. The maximum Gasteiger partial charge on any atom is 0.252 e. The molecule has 0 aliphatic carbocycles. The number of rotatable bonds is 10. The third-order valence-electron chi connectivity index (χ3n) is 5.94. The van der Waals surface area contributed by atoms with Crippen LogP contribution in [-0.4, -0.2) is 43.8 Å². The zero-order chi connectivity index (χ0) is 24.1. The van der Waals surface area contributed by atoms with Gasteiger partial charge in [0.1, 0.15) is 5.82 Å². The molecule has 2 heterocycles. The smallest absolute Gasteiger partial charge is 0.252 e. The molecule has 4 rings (SSSR count). The molecule has 0 aliphatic rings. The number of pyridine rings is 1. The van der Waals surface area contributed by atoms with Crippen LogP contribution in [0.3, 0.4) is 0 Å². The molecule has 4 aromatic rings. The summed E-state index contributed by atoms with van der Waals surface area (Å²) in [5, 5.41) is 13.3. The van der Waals surface area contributed by atoms with Crippen LogP contribution in [0.15, 0.2) is 53.3 Å². The van der Waals surface area contributed by atoms with Crippen LogP contribution in [0.1, 0.15) is 41.9 Å². The van der Waals surface area contributed by atoms with Crippen LogP contribution >= 0.6 is 0 Å². The van der Waals surface area contributed by atoms with Gasteiger partial charge in [0.05, 0.1) is 19.2 Å². The molecule has 0 bridgehead atoms. The number of halogens is 1. The number of ether oxygens (including phenoxy) is 1. The van der Waals surface area contributed by atoms with Gasteiger partial charge < -0.3 is 9.72 Å². The van der Waals surface area contributed by atoms with E-state index in [2.05, 4.69) is 32.3 Å². The second-order valence-electron chi connectivity index (χ2n) is 8.42. The van der Waals surface area contributed by atoms with Gasteiger partial charge in [-0.3, -0.25) is 9.69 Å². The molecule has 9 heteroatoms. The fraction of sp³-hybridized carbons (Fsp3) is 0.360.